The third-order valence-electron chi connectivity index (χ3n) is 1.82. The van der Waals surface area contributed by atoms with E-state index in [2.05, 4.69) is 0 Å². The van der Waals surface area contributed by atoms with Gasteiger partial charge in [-0.15, -0.1) is 0 Å². The predicted octanol–water partition coefficient (Wildman–Crippen LogP) is 1.72. The van der Waals surface area contributed by atoms with Crippen molar-refractivity contribution in [2.75, 3.05) is 7.11 Å². The van der Waals surface area contributed by atoms with Crippen LogP contribution in [0.1, 0.15) is 12.0 Å². The maximum absolute atomic E-state index is 13.2. The molecule has 0 unspecified atom stereocenters. The number of carbonyl (C=O) groups excluding carboxylic acids is 1. The van der Waals surface area contributed by atoms with Crippen LogP contribution in [0.3, 0.4) is 0 Å². The van der Waals surface area contributed by atoms with Gasteiger partial charge in [-0.05, 0) is 18.2 Å². The Morgan fingerprint density at radius 3 is 2.93 bits per heavy atom. The van der Waals surface area contributed by atoms with Crippen molar-refractivity contribution < 1.29 is 13.9 Å². The summed E-state index contributed by atoms with van der Waals surface area (Å²) in [4.78, 5) is 10.5. The maximum atomic E-state index is 13.2. The molecule has 0 aliphatic carbocycles. The second kappa shape index (κ2) is 5.14. The summed E-state index contributed by atoms with van der Waals surface area (Å²) in [6, 6.07) is 4.39. The van der Waals surface area contributed by atoms with Gasteiger partial charge in [0, 0.05) is 12.0 Å². The van der Waals surface area contributed by atoms with Crippen LogP contribution in [0.15, 0.2) is 24.3 Å². The first-order valence-electron chi connectivity index (χ1n) is 4.42. The van der Waals surface area contributed by atoms with E-state index in [4.69, 9.17) is 10.5 Å². The summed E-state index contributed by atoms with van der Waals surface area (Å²) >= 11 is 0. The van der Waals surface area contributed by atoms with Crippen LogP contribution in [0.4, 0.5) is 4.39 Å². The summed E-state index contributed by atoms with van der Waals surface area (Å²) in [5, 5.41) is 0. The minimum Gasteiger partial charge on any atom is -0.497 e. The van der Waals surface area contributed by atoms with Gasteiger partial charge in [0.05, 0.1) is 7.11 Å². The molecule has 1 aromatic rings. The molecule has 0 saturated carbocycles. The third kappa shape index (κ3) is 3.42. The molecule has 3 nitrogen and oxygen atoms in total. The molecule has 0 fully saturated rings. The maximum Gasteiger partial charge on any atom is 0.221 e. The summed E-state index contributed by atoms with van der Waals surface area (Å²) in [6.45, 7) is 0. The molecule has 2 N–H and O–H groups in total. The molecule has 4 heteroatoms. The summed E-state index contributed by atoms with van der Waals surface area (Å²) in [5.41, 5.74) is 5.31. The van der Waals surface area contributed by atoms with Crippen molar-refractivity contribution in [1.29, 1.82) is 0 Å². The Kier molecular flexibility index (Phi) is 3.85. The van der Waals surface area contributed by atoms with E-state index in [-0.39, 0.29) is 12.2 Å². The lowest BCUT2D eigenvalue weighted by atomic mass is 10.1. The molecule has 80 valence electrons. The van der Waals surface area contributed by atoms with Crippen LogP contribution in [0, 0.1) is 5.82 Å². The van der Waals surface area contributed by atoms with Gasteiger partial charge in [-0.25, -0.2) is 4.39 Å². The van der Waals surface area contributed by atoms with Crippen molar-refractivity contribution in [2.24, 2.45) is 5.73 Å². The van der Waals surface area contributed by atoms with Gasteiger partial charge in [-0.1, -0.05) is 12.2 Å². The van der Waals surface area contributed by atoms with Gasteiger partial charge in [-0.2, -0.15) is 0 Å². The van der Waals surface area contributed by atoms with Crippen molar-refractivity contribution in [1.82, 2.24) is 0 Å². The van der Waals surface area contributed by atoms with E-state index >= 15 is 0 Å². The van der Waals surface area contributed by atoms with E-state index in [1.165, 1.54) is 31.4 Å². The molecule has 1 amide bonds. The quantitative estimate of drug-likeness (QED) is 0.820. The third-order valence-corrected chi connectivity index (χ3v) is 1.82. The number of ether oxygens (including phenoxy) is 1. The smallest absolute Gasteiger partial charge is 0.221 e. The number of primary amides is 1. The second-order valence-electron chi connectivity index (χ2n) is 2.96. The zero-order valence-corrected chi connectivity index (χ0v) is 8.37. The summed E-state index contributed by atoms with van der Waals surface area (Å²) < 4.78 is 18.2. The van der Waals surface area contributed by atoms with Gasteiger partial charge >= 0.3 is 0 Å². The Morgan fingerprint density at radius 2 is 2.33 bits per heavy atom. The lowest BCUT2D eigenvalue weighted by Crippen LogP contribution is -2.07. The second-order valence-corrected chi connectivity index (χ2v) is 2.96. The van der Waals surface area contributed by atoms with E-state index in [0.717, 1.165) is 0 Å². The number of halogens is 1. The highest BCUT2D eigenvalue weighted by Gasteiger charge is 2.00. The Labute approximate surface area is 87.3 Å². The fourth-order valence-corrected chi connectivity index (χ4v) is 1.08. The largest absolute Gasteiger partial charge is 0.497 e. The molecule has 0 aliphatic heterocycles. The normalized spacial score (nSPS) is 10.5. The van der Waals surface area contributed by atoms with Crippen LogP contribution in [0.25, 0.3) is 6.08 Å². The summed E-state index contributed by atoms with van der Waals surface area (Å²) in [6.07, 6.45) is 3.11. The van der Waals surface area contributed by atoms with E-state index in [1.54, 1.807) is 6.07 Å². The molecule has 0 heterocycles. The van der Waals surface area contributed by atoms with Gasteiger partial charge < -0.3 is 10.5 Å². The number of methoxy groups -OCH3 is 1. The number of nitrogens with two attached hydrogens (primary N) is 1. The molecule has 0 aliphatic rings. The molecule has 1 rings (SSSR count). The van der Waals surface area contributed by atoms with Gasteiger partial charge in [0.25, 0.3) is 0 Å². The molecular formula is C11H12FNO2. The van der Waals surface area contributed by atoms with Crippen molar-refractivity contribution in [3.63, 3.8) is 0 Å². The summed E-state index contributed by atoms with van der Waals surface area (Å²) in [5.74, 6) is -0.249. The predicted molar refractivity (Wildman–Crippen MR) is 55.8 cm³/mol. The van der Waals surface area contributed by atoms with Crippen LogP contribution in [-0.2, 0) is 4.79 Å². The minimum absolute atomic E-state index is 0.0939. The molecule has 0 atom stereocenters. The van der Waals surface area contributed by atoms with Gasteiger partial charge in [0.2, 0.25) is 5.91 Å². The van der Waals surface area contributed by atoms with Crippen LogP contribution in [0.2, 0.25) is 0 Å². The Hall–Kier alpha value is -1.84. The van der Waals surface area contributed by atoms with E-state index in [0.29, 0.717) is 11.3 Å². The fraction of sp³-hybridized carbons (Fsp3) is 0.182. The highest BCUT2D eigenvalue weighted by molar-refractivity contribution is 5.76. The van der Waals surface area contributed by atoms with E-state index in [9.17, 15) is 9.18 Å². The van der Waals surface area contributed by atoms with Crippen LogP contribution in [-0.4, -0.2) is 13.0 Å². The average Bonchev–Trinajstić information content (AvgIpc) is 2.20. The van der Waals surface area contributed by atoms with Gasteiger partial charge in [0.1, 0.15) is 11.6 Å². The Bertz CT molecular complexity index is 388. The van der Waals surface area contributed by atoms with Gasteiger partial charge in [-0.3, -0.25) is 4.79 Å². The van der Waals surface area contributed by atoms with Crippen LogP contribution < -0.4 is 10.5 Å². The molecule has 0 bridgehead atoms. The fourth-order valence-electron chi connectivity index (χ4n) is 1.08. The van der Waals surface area contributed by atoms with Crippen molar-refractivity contribution in [3.8, 4) is 5.75 Å². The highest BCUT2D eigenvalue weighted by atomic mass is 19.1. The monoisotopic (exact) mass is 209 g/mol. The summed E-state index contributed by atoms with van der Waals surface area (Å²) in [7, 11) is 1.50. The van der Waals surface area contributed by atoms with E-state index < -0.39 is 5.91 Å². The molecule has 0 aromatic heterocycles. The molecular weight excluding hydrogens is 197 g/mol. The van der Waals surface area contributed by atoms with Crippen LogP contribution >= 0.6 is 0 Å². The first-order chi connectivity index (χ1) is 7.13. The average molecular weight is 209 g/mol. The van der Waals surface area contributed by atoms with Crippen molar-refractivity contribution in [3.05, 3.63) is 35.7 Å². The Balaban J connectivity index is 2.83. The number of hydrogen-bond donors (Lipinski definition) is 1. The standard InChI is InChI=1S/C11H12FNO2/c1-15-9-5-6-10(12)8(7-9)3-2-4-11(13)14/h2-3,5-7H,4H2,1H3,(H2,13,14). The van der Waals surface area contributed by atoms with Crippen LogP contribution in [0.5, 0.6) is 5.75 Å². The molecule has 15 heavy (non-hydrogen) atoms. The lowest BCUT2D eigenvalue weighted by molar-refractivity contribution is -0.117. The molecule has 0 saturated heterocycles. The number of hydrogen-bond acceptors (Lipinski definition) is 2. The topological polar surface area (TPSA) is 52.3 Å². The number of amides is 1. The Morgan fingerprint density at radius 1 is 1.60 bits per heavy atom. The van der Waals surface area contributed by atoms with Gasteiger partial charge in [0.15, 0.2) is 0 Å². The van der Waals surface area contributed by atoms with Crippen molar-refractivity contribution >= 4 is 12.0 Å². The first kappa shape index (κ1) is 11.2. The number of carbonyl (C=O) groups is 1. The zero-order valence-electron chi connectivity index (χ0n) is 8.37. The molecule has 0 spiro atoms. The lowest BCUT2D eigenvalue weighted by Gasteiger charge is -2.01. The number of benzene rings is 1. The number of rotatable bonds is 4. The van der Waals surface area contributed by atoms with Crippen molar-refractivity contribution in [2.45, 2.75) is 6.42 Å². The molecule has 1 aromatic carbocycles. The SMILES string of the molecule is COc1ccc(F)c(C=CCC(N)=O)c1. The highest BCUT2D eigenvalue weighted by Crippen LogP contribution is 2.17. The zero-order chi connectivity index (χ0) is 11.3. The van der Waals surface area contributed by atoms with E-state index in [1.807, 2.05) is 0 Å². The first-order valence-corrected chi connectivity index (χ1v) is 4.42. The minimum atomic E-state index is -0.449. The molecule has 0 radical (unpaired) electrons.